The van der Waals surface area contributed by atoms with Crippen LogP contribution in [0.4, 0.5) is 0 Å². The van der Waals surface area contributed by atoms with Crippen LogP contribution in [0.1, 0.15) is 59.7 Å². The van der Waals surface area contributed by atoms with Gasteiger partial charge in [-0.25, -0.2) is 0 Å². The summed E-state index contributed by atoms with van der Waals surface area (Å²) in [6, 6.07) is 17.5. The van der Waals surface area contributed by atoms with Crippen molar-refractivity contribution in [3.05, 3.63) is 88.5 Å². The zero-order valence-electron chi connectivity index (χ0n) is 24.2. The van der Waals surface area contributed by atoms with E-state index in [0.29, 0.717) is 49.8 Å². The Balaban J connectivity index is 1.64. The molecule has 222 valence electrons. The fourth-order valence-corrected chi connectivity index (χ4v) is 6.42. The molecule has 2 aliphatic rings. The Bertz CT molecular complexity index is 1400. The Labute approximate surface area is 246 Å². The molecule has 0 aliphatic carbocycles. The first-order chi connectivity index (χ1) is 20.4. The second-order valence-corrected chi connectivity index (χ2v) is 10.6. The minimum Gasteiger partial charge on any atom is -0.491 e. The summed E-state index contributed by atoms with van der Waals surface area (Å²) in [6.07, 6.45) is 1.43. The number of likely N-dealkylation sites (tertiary alicyclic amines) is 1. The molecule has 9 nitrogen and oxygen atoms in total. The second-order valence-electron chi connectivity index (χ2n) is 10.6. The van der Waals surface area contributed by atoms with Gasteiger partial charge in [-0.3, -0.25) is 14.5 Å². The van der Waals surface area contributed by atoms with E-state index in [1.165, 1.54) is 0 Å². The first-order valence-corrected chi connectivity index (χ1v) is 14.4. The lowest BCUT2D eigenvalue weighted by atomic mass is 9.82. The predicted octanol–water partition coefficient (Wildman–Crippen LogP) is 4.63. The summed E-state index contributed by atoms with van der Waals surface area (Å²) in [5, 5.41) is 10.7. The Kier molecular flexibility index (Phi) is 8.99. The van der Waals surface area contributed by atoms with Crippen LogP contribution in [-0.4, -0.2) is 55.5 Å². The fourth-order valence-electron chi connectivity index (χ4n) is 6.42. The molecule has 4 atom stereocenters. The van der Waals surface area contributed by atoms with E-state index in [-0.39, 0.29) is 6.79 Å². The highest BCUT2D eigenvalue weighted by molar-refractivity contribution is 5.83. The number of nitrogens with two attached hydrogens (primary N) is 1. The van der Waals surface area contributed by atoms with Crippen molar-refractivity contribution in [2.45, 2.75) is 44.7 Å². The number of hydrogen-bond acceptors (Lipinski definition) is 7. The number of carboxylic acid groups (broad SMARTS) is 1. The molecule has 1 amide bonds. The van der Waals surface area contributed by atoms with Gasteiger partial charge in [-0.15, -0.1) is 0 Å². The molecule has 0 bridgehead atoms. The van der Waals surface area contributed by atoms with Gasteiger partial charge in [0.25, 0.3) is 0 Å². The van der Waals surface area contributed by atoms with Crippen LogP contribution in [0.3, 0.4) is 0 Å². The molecule has 3 aromatic carbocycles. The lowest BCUT2D eigenvalue weighted by Gasteiger charge is -2.35. The molecule has 1 fully saturated rings. The van der Waals surface area contributed by atoms with Crippen LogP contribution in [0.5, 0.6) is 17.2 Å². The van der Waals surface area contributed by atoms with E-state index < -0.39 is 35.8 Å². The average Bonchev–Trinajstić information content (AvgIpc) is 3.62. The van der Waals surface area contributed by atoms with Crippen molar-refractivity contribution in [3.63, 3.8) is 0 Å². The molecule has 1 saturated heterocycles. The molecular weight excluding hydrogens is 536 g/mol. The summed E-state index contributed by atoms with van der Waals surface area (Å²) in [5.41, 5.74) is 10.7. The number of methoxy groups -OCH3 is 1. The Morgan fingerprint density at radius 3 is 2.26 bits per heavy atom. The summed E-state index contributed by atoms with van der Waals surface area (Å²) >= 11 is 0. The molecule has 9 heteroatoms. The maximum Gasteiger partial charge on any atom is 0.309 e. The first kappa shape index (κ1) is 29.4. The Hall–Kier alpha value is -4.08. The monoisotopic (exact) mass is 574 g/mol. The second kappa shape index (κ2) is 12.8. The molecule has 0 radical (unpaired) electrons. The van der Waals surface area contributed by atoms with E-state index in [1.807, 2.05) is 65.6 Å². The number of rotatable bonds is 12. The third-order valence-corrected chi connectivity index (χ3v) is 8.35. The minimum atomic E-state index is -0.951. The number of primary amides is 1. The highest BCUT2D eigenvalue weighted by Crippen LogP contribution is 2.51. The van der Waals surface area contributed by atoms with Gasteiger partial charge in [0.05, 0.1) is 12.5 Å². The fraction of sp³-hybridized carbons (Fsp3) is 0.394. The quantitative estimate of drug-likeness (QED) is 0.301. The SMILES string of the molecule is CCc1cccc(CC)c1C(C(N)=O)N1CC(c2ccc3c(c2)OCO3)C(C(=O)O)C1c1ccc(OCCOC)cc1. The number of carbonyl (C=O) groups is 2. The van der Waals surface area contributed by atoms with E-state index in [9.17, 15) is 14.7 Å². The zero-order valence-corrected chi connectivity index (χ0v) is 24.2. The number of hydrogen-bond donors (Lipinski definition) is 2. The van der Waals surface area contributed by atoms with Crippen LogP contribution in [0.25, 0.3) is 0 Å². The van der Waals surface area contributed by atoms with Gasteiger partial charge < -0.3 is 29.8 Å². The maximum absolute atomic E-state index is 13.4. The van der Waals surface area contributed by atoms with Crippen LogP contribution in [0, 0.1) is 5.92 Å². The molecule has 0 saturated carbocycles. The van der Waals surface area contributed by atoms with Gasteiger partial charge in [0.1, 0.15) is 18.4 Å². The normalized spacial score (nSPS) is 20.4. The molecule has 3 N–H and O–H groups in total. The smallest absolute Gasteiger partial charge is 0.309 e. The van der Waals surface area contributed by atoms with Crippen LogP contribution in [-0.2, 0) is 27.2 Å². The van der Waals surface area contributed by atoms with E-state index >= 15 is 0 Å². The third kappa shape index (κ3) is 5.67. The van der Waals surface area contributed by atoms with E-state index in [2.05, 4.69) is 13.8 Å². The lowest BCUT2D eigenvalue weighted by Crippen LogP contribution is -2.40. The first-order valence-electron chi connectivity index (χ1n) is 14.4. The Morgan fingerprint density at radius 1 is 0.976 bits per heavy atom. The number of ether oxygens (including phenoxy) is 4. The van der Waals surface area contributed by atoms with Gasteiger partial charge in [-0.2, -0.15) is 0 Å². The number of benzene rings is 3. The van der Waals surface area contributed by atoms with E-state index in [4.69, 9.17) is 24.7 Å². The number of carbonyl (C=O) groups excluding carboxylic acids is 1. The largest absolute Gasteiger partial charge is 0.491 e. The summed E-state index contributed by atoms with van der Waals surface area (Å²) in [5.74, 6) is -0.915. The minimum absolute atomic E-state index is 0.122. The molecule has 2 aliphatic heterocycles. The third-order valence-electron chi connectivity index (χ3n) is 8.35. The summed E-state index contributed by atoms with van der Waals surface area (Å²) in [6.45, 7) is 5.38. The summed E-state index contributed by atoms with van der Waals surface area (Å²) in [4.78, 5) is 28.6. The van der Waals surface area contributed by atoms with Gasteiger partial charge in [-0.05, 0) is 64.9 Å². The number of fused-ring (bicyclic) bond motifs is 1. The van der Waals surface area contributed by atoms with Crippen molar-refractivity contribution in [2.75, 3.05) is 33.7 Å². The van der Waals surface area contributed by atoms with Crippen molar-refractivity contribution < 1.29 is 33.6 Å². The summed E-state index contributed by atoms with van der Waals surface area (Å²) in [7, 11) is 1.61. The zero-order chi connectivity index (χ0) is 29.8. The van der Waals surface area contributed by atoms with Gasteiger partial charge in [0.2, 0.25) is 12.7 Å². The lowest BCUT2D eigenvalue weighted by molar-refractivity contribution is -0.143. The van der Waals surface area contributed by atoms with Gasteiger partial charge in [0.15, 0.2) is 11.5 Å². The van der Waals surface area contributed by atoms with Crippen molar-refractivity contribution in [2.24, 2.45) is 11.7 Å². The van der Waals surface area contributed by atoms with E-state index in [0.717, 1.165) is 27.8 Å². The molecule has 2 heterocycles. The number of nitrogens with zero attached hydrogens (tertiary/aromatic N) is 1. The molecule has 42 heavy (non-hydrogen) atoms. The molecule has 4 unspecified atom stereocenters. The molecule has 0 aromatic heterocycles. The van der Waals surface area contributed by atoms with Gasteiger partial charge in [-0.1, -0.05) is 50.2 Å². The molecule has 3 aromatic rings. The average molecular weight is 575 g/mol. The number of aliphatic carboxylic acids is 1. The van der Waals surface area contributed by atoms with E-state index in [1.54, 1.807) is 7.11 Å². The highest BCUT2D eigenvalue weighted by atomic mass is 16.7. The molecular formula is C33H38N2O7. The van der Waals surface area contributed by atoms with Gasteiger partial charge in [0, 0.05) is 25.6 Å². The van der Waals surface area contributed by atoms with Crippen molar-refractivity contribution >= 4 is 11.9 Å². The maximum atomic E-state index is 13.4. The number of aryl methyl sites for hydroxylation is 2. The summed E-state index contributed by atoms with van der Waals surface area (Å²) < 4.78 is 22.0. The van der Waals surface area contributed by atoms with Crippen molar-refractivity contribution in [1.82, 2.24) is 4.90 Å². The topological polar surface area (TPSA) is 121 Å². The van der Waals surface area contributed by atoms with Gasteiger partial charge >= 0.3 is 5.97 Å². The predicted molar refractivity (Wildman–Crippen MR) is 157 cm³/mol. The standard InChI is InChI=1S/C33H38N2O7/c1-4-20-7-6-8-21(5-2)28(20)31(32(34)36)35-18-25(23-11-14-26-27(17-23)42-19-41-26)29(33(37)38)30(35)22-9-12-24(13-10-22)40-16-15-39-3/h6-14,17,25,29-31H,4-5,15-16,18-19H2,1-3H3,(H2,34,36)(H,37,38). The number of carboxylic acids is 1. The van der Waals surface area contributed by atoms with Crippen LogP contribution in [0.15, 0.2) is 60.7 Å². The molecule has 5 rings (SSSR count). The van der Waals surface area contributed by atoms with Crippen molar-refractivity contribution in [1.29, 1.82) is 0 Å². The van der Waals surface area contributed by atoms with Crippen molar-refractivity contribution in [3.8, 4) is 17.2 Å². The molecule has 0 spiro atoms. The highest BCUT2D eigenvalue weighted by Gasteiger charge is 2.51. The number of amides is 1. The Morgan fingerprint density at radius 2 is 1.64 bits per heavy atom. The van der Waals surface area contributed by atoms with Crippen LogP contribution < -0.4 is 19.9 Å². The van der Waals surface area contributed by atoms with Crippen LogP contribution >= 0.6 is 0 Å². The van der Waals surface area contributed by atoms with Crippen LogP contribution in [0.2, 0.25) is 0 Å².